The van der Waals surface area contributed by atoms with Crippen molar-refractivity contribution in [2.75, 3.05) is 10.6 Å². The van der Waals surface area contributed by atoms with Crippen molar-refractivity contribution in [2.45, 2.75) is 13.8 Å². The molecule has 0 fully saturated rings. The fourth-order valence-electron chi connectivity index (χ4n) is 2.54. The zero-order valence-electron chi connectivity index (χ0n) is 14.3. The third-order valence-electron chi connectivity index (χ3n) is 3.86. The summed E-state index contributed by atoms with van der Waals surface area (Å²) in [5, 5.41) is 5.88. The average molecular weight is 370 g/mol. The number of hydrogen-bond donors (Lipinski definition) is 2. The van der Waals surface area contributed by atoms with Gasteiger partial charge >= 0.3 is 0 Å². The Morgan fingerprint density at radius 3 is 2.58 bits per heavy atom. The van der Waals surface area contributed by atoms with Crippen molar-refractivity contribution in [3.63, 3.8) is 0 Å². The van der Waals surface area contributed by atoms with Crippen LogP contribution in [0.3, 0.4) is 0 Å². The monoisotopic (exact) mass is 369 g/mol. The van der Waals surface area contributed by atoms with Crippen molar-refractivity contribution in [1.82, 2.24) is 4.98 Å². The first-order valence-corrected chi connectivity index (χ1v) is 8.37. The van der Waals surface area contributed by atoms with Crippen LogP contribution >= 0.6 is 11.6 Å². The van der Waals surface area contributed by atoms with E-state index in [1.807, 2.05) is 26.0 Å². The standard InChI is InChI=1S/C20H17ClFN3O/c1-12-6-8-17(13(2)10-12)25-18-9-7-14(11-23-18)24-20(26)19-15(21)4-3-5-16(19)22/h3-11H,1-2H3,(H,23,25)(H,24,26). The molecule has 26 heavy (non-hydrogen) atoms. The number of carbonyl (C=O) groups is 1. The first-order valence-electron chi connectivity index (χ1n) is 8.00. The summed E-state index contributed by atoms with van der Waals surface area (Å²) in [6.07, 6.45) is 1.50. The smallest absolute Gasteiger partial charge is 0.260 e. The highest BCUT2D eigenvalue weighted by Gasteiger charge is 2.16. The molecule has 1 aromatic heterocycles. The maximum atomic E-state index is 13.8. The van der Waals surface area contributed by atoms with Crippen LogP contribution in [0.25, 0.3) is 0 Å². The summed E-state index contributed by atoms with van der Waals surface area (Å²) in [6.45, 7) is 4.05. The van der Waals surface area contributed by atoms with Gasteiger partial charge in [-0.1, -0.05) is 35.4 Å². The van der Waals surface area contributed by atoms with Crippen molar-refractivity contribution in [2.24, 2.45) is 0 Å². The quantitative estimate of drug-likeness (QED) is 0.639. The van der Waals surface area contributed by atoms with E-state index >= 15 is 0 Å². The number of hydrogen-bond acceptors (Lipinski definition) is 3. The second-order valence-electron chi connectivity index (χ2n) is 5.93. The Hall–Kier alpha value is -2.92. The Labute approximate surface area is 156 Å². The van der Waals surface area contributed by atoms with E-state index in [2.05, 4.69) is 21.7 Å². The van der Waals surface area contributed by atoms with E-state index < -0.39 is 11.7 Å². The number of nitrogens with zero attached hydrogens (tertiary/aromatic N) is 1. The van der Waals surface area contributed by atoms with Gasteiger partial charge in [0, 0.05) is 5.69 Å². The minimum atomic E-state index is -0.670. The normalized spacial score (nSPS) is 10.5. The Morgan fingerprint density at radius 2 is 1.92 bits per heavy atom. The van der Waals surface area contributed by atoms with Crippen molar-refractivity contribution in [1.29, 1.82) is 0 Å². The van der Waals surface area contributed by atoms with Gasteiger partial charge in [0.1, 0.15) is 11.6 Å². The largest absolute Gasteiger partial charge is 0.340 e. The predicted molar refractivity (Wildman–Crippen MR) is 103 cm³/mol. The highest BCUT2D eigenvalue weighted by molar-refractivity contribution is 6.34. The summed E-state index contributed by atoms with van der Waals surface area (Å²) in [7, 11) is 0. The molecule has 1 amide bonds. The van der Waals surface area contributed by atoms with Crippen LogP contribution in [0.2, 0.25) is 5.02 Å². The van der Waals surface area contributed by atoms with E-state index in [-0.39, 0.29) is 10.6 Å². The lowest BCUT2D eigenvalue weighted by atomic mass is 10.1. The zero-order valence-corrected chi connectivity index (χ0v) is 15.1. The number of aryl methyl sites for hydroxylation is 2. The summed E-state index contributed by atoms with van der Waals surface area (Å²) >= 11 is 5.91. The van der Waals surface area contributed by atoms with Gasteiger partial charge in [0.2, 0.25) is 0 Å². The van der Waals surface area contributed by atoms with Crippen LogP contribution in [-0.2, 0) is 0 Å². The van der Waals surface area contributed by atoms with Crippen LogP contribution < -0.4 is 10.6 Å². The molecule has 1 heterocycles. The Kier molecular flexibility index (Phi) is 5.19. The van der Waals surface area contributed by atoms with E-state index in [0.29, 0.717) is 11.5 Å². The number of halogens is 2. The third kappa shape index (κ3) is 4.00. The maximum Gasteiger partial charge on any atom is 0.260 e. The summed E-state index contributed by atoms with van der Waals surface area (Å²) in [5.74, 6) is -0.653. The van der Waals surface area contributed by atoms with Gasteiger partial charge in [-0.25, -0.2) is 9.37 Å². The molecule has 0 aliphatic carbocycles. The number of carbonyl (C=O) groups excluding carboxylic acids is 1. The van der Waals surface area contributed by atoms with Crippen LogP contribution in [0.1, 0.15) is 21.5 Å². The molecule has 6 heteroatoms. The molecule has 0 atom stereocenters. The van der Waals surface area contributed by atoms with Gasteiger partial charge in [-0.2, -0.15) is 0 Å². The van der Waals surface area contributed by atoms with Crippen LogP contribution in [-0.4, -0.2) is 10.9 Å². The first-order chi connectivity index (χ1) is 12.4. The van der Waals surface area contributed by atoms with Crippen LogP contribution in [0.4, 0.5) is 21.6 Å². The Balaban J connectivity index is 1.72. The molecule has 2 aromatic carbocycles. The van der Waals surface area contributed by atoms with Crippen LogP contribution in [0.15, 0.2) is 54.7 Å². The lowest BCUT2D eigenvalue weighted by Crippen LogP contribution is -2.14. The summed E-state index contributed by atoms with van der Waals surface area (Å²) in [4.78, 5) is 16.5. The number of pyridine rings is 1. The second kappa shape index (κ2) is 7.54. The lowest BCUT2D eigenvalue weighted by molar-refractivity contribution is 0.102. The number of rotatable bonds is 4. The summed E-state index contributed by atoms with van der Waals surface area (Å²) < 4.78 is 13.8. The molecule has 3 rings (SSSR count). The number of anilines is 3. The predicted octanol–water partition coefficient (Wildman–Crippen LogP) is 5.49. The van der Waals surface area contributed by atoms with E-state index in [9.17, 15) is 9.18 Å². The molecule has 4 nitrogen and oxygen atoms in total. The Morgan fingerprint density at radius 1 is 1.12 bits per heavy atom. The fourth-order valence-corrected chi connectivity index (χ4v) is 2.79. The van der Waals surface area contributed by atoms with E-state index in [1.54, 1.807) is 12.1 Å². The molecule has 0 radical (unpaired) electrons. The van der Waals surface area contributed by atoms with Gasteiger partial charge in [-0.3, -0.25) is 4.79 Å². The summed E-state index contributed by atoms with van der Waals surface area (Å²) in [6, 6.07) is 13.6. The van der Waals surface area contributed by atoms with Crippen LogP contribution in [0, 0.1) is 19.7 Å². The molecule has 0 unspecified atom stereocenters. The molecule has 0 spiro atoms. The second-order valence-corrected chi connectivity index (χ2v) is 6.33. The van der Waals surface area contributed by atoms with Gasteiger partial charge in [-0.15, -0.1) is 0 Å². The highest BCUT2D eigenvalue weighted by atomic mass is 35.5. The Bertz CT molecular complexity index is 938. The van der Waals surface area contributed by atoms with Gasteiger partial charge in [-0.05, 0) is 49.7 Å². The SMILES string of the molecule is Cc1ccc(Nc2ccc(NC(=O)c3c(F)cccc3Cl)cn2)c(C)c1. The maximum absolute atomic E-state index is 13.8. The third-order valence-corrected chi connectivity index (χ3v) is 4.17. The molecule has 0 aliphatic rings. The van der Waals surface area contributed by atoms with Crippen molar-refractivity contribution in [3.8, 4) is 0 Å². The van der Waals surface area contributed by atoms with E-state index in [1.165, 1.54) is 30.0 Å². The number of amides is 1. The van der Waals surface area contributed by atoms with Crippen LogP contribution in [0.5, 0.6) is 0 Å². The van der Waals surface area contributed by atoms with Crippen molar-refractivity contribution < 1.29 is 9.18 Å². The highest BCUT2D eigenvalue weighted by Crippen LogP contribution is 2.23. The topological polar surface area (TPSA) is 54.0 Å². The van der Waals surface area contributed by atoms with Crippen molar-refractivity contribution in [3.05, 3.63) is 82.3 Å². The number of aromatic nitrogens is 1. The zero-order chi connectivity index (χ0) is 18.7. The minimum Gasteiger partial charge on any atom is -0.340 e. The van der Waals surface area contributed by atoms with Crippen molar-refractivity contribution >= 4 is 34.7 Å². The average Bonchev–Trinajstić information content (AvgIpc) is 2.59. The lowest BCUT2D eigenvalue weighted by Gasteiger charge is -2.11. The molecule has 132 valence electrons. The molecule has 3 aromatic rings. The van der Waals surface area contributed by atoms with Gasteiger partial charge in [0.05, 0.1) is 22.5 Å². The number of benzene rings is 2. The number of nitrogens with one attached hydrogen (secondary N) is 2. The minimum absolute atomic E-state index is 0.0589. The van der Waals surface area contributed by atoms with Gasteiger partial charge in [0.15, 0.2) is 0 Å². The molecular weight excluding hydrogens is 353 g/mol. The summed E-state index contributed by atoms with van der Waals surface area (Å²) in [5.41, 5.74) is 3.51. The fraction of sp³-hybridized carbons (Fsp3) is 0.100. The first kappa shape index (κ1) is 17.9. The van der Waals surface area contributed by atoms with E-state index in [4.69, 9.17) is 11.6 Å². The molecule has 0 saturated carbocycles. The van der Waals surface area contributed by atoms with E-state index in [0.717, 1.165) is 11.3 Å². The van der Waals surface area contributed by atoms with Gasteiger partial charge < -0.3 is 10.6 Å². The van der Waals surface area contributed by atoms with Gasteiger partial charge in [0.25, 0.3) is 5.91 Å². The molecule has 0 aliphatic heterocycles. The molecule has 0 saturated heterocycles. The molecule has 0 bridgehead atoms. The molecule has 2 N–H and O–H groups in total. The molecular formula is C20H17ClFN3O.